The maximum atomic E-state index is 13.3. The number of hydrazone groups is 1. The van der Waals surface area contributed by atoms with Crippen molar-refractivity contribution >= 4 is 27.8 Å². The Morgan fingerprint density at radius 1 is 0.943 bits per heavy atom. The van der Waals surface area contributed by atoms with Gasteiger partial charge in [0.1, 0.15) is 6.54 Å². The Labute approximate surface area is 206 Å². The standard InChI is InChI=1S/C26H29N3O5S/c1-4-33-24-15-14-21(17-25(24)34-5-2)18-27-28-26(30)19-29(22-11-9-10-20(3)16-22)35(31,32)23-12-7-6-8-13-23/h6-18H,4-5,19H2,1-3H3,(H,28,30)/b27-18-. The number of amides is 1. The Bertz CT molecular complexity index is 1280. The predicted molar refractivity (Wildman–Crippen MR) is 137 cm³/mol. The molecule has 184 valence electrons. The molecule has 0 heterocycles. The van der Waals surface area contributed by atoms with Crippen molar-refractivity contribution in [2.24, 2.45) is 5.10 Å². The molecule has 3 aromatic rings. The van der Waals surface area contributed by atoms with Gasteiger partial charge in [-0.3, -0.25) is 9.10 Å². The third kappa shape index (κ3) is 6.83. The Morgan fingerprint density at radius 3 is 2.34 bits per heavy atom. The fourth-order valence-corrected chi connectivity index (χ4v) is 4.74. The number of rotatable bonds is 11. The minimum Gasteiger partial charge on any atom is -0.490 e. The summed E-state index contributed by atoms with van der Waals surface area (Å²) >= 11 is 0. The van der Waals surface area contributed by atoms with E-state index >= 15 is 0 Å². The average molecular weight is 496 g/mol. The first-order valence-corrected chi connectivity index (χ1v) is 12.6. The zero-order chi connectivity index (χ0) is 25.3. The molecule has 35 heavy (non-hydrogen) atoms. The van der Waals surface area contributed by atoms with Crippen molar-refractivity contribution in [2.75, 3.05) is 24.1 Å². The van der Waals surface area contributed by atoms with Gasteiger partial charge in [-0.15, -0.1) is 0 Å². The number of carbonyl (C=O) groups excluding carboxylic acids is 1. The van der Waals surface area contributed by atoms with E-state index in [9.17, 15) is 13.2 Å². The number of carbonyl (C=O) groups is 1. The number of sulfonamides is 1. The van der Waals surface area contributed by atoms with E-state index in [1.807, 2.05) is 26.8 Å². The van der Waals surface area contributed by atoms with Crippen molar-refractivity contribution in [2.45, 2.75) is 25.7 Å². The van der Waals surface area contributed by atoms with Gasteiger partial charge < -0.3 is 9.47 Å². The highest BCUT2D eigenvalue weighted by Gasteiger charge is 2.27. The summed E-state index contributed by atoms with van der Waals surface area (Å²) in [7, 11) is -3.98. The highest BCUT2D eigenvalue weighted by molar-refractivity contribution is 7.92. The molecule has 0 aliphatic rings. The maximum Gasteiger partial charge on any atom is 0.264 e. The summed E-state index contributed by atoms with van der Waals surface area (Å²) in [4.78, 5) is 12.8. The molecule has 0 bridgehead atoms. The molecule has 0 aromatic heterocycles. The largest absolute Gasteiger partial charge is 0.490 e. The molecule has 3 aromatic carbocycles. The fourth-order valence-electron chi connectivity index (χ4n) is 3.31. The first kappa shape index (κ1) is 25.8. The quantitative estimate of drug-likeness (QED) is 0.319. The third-order valence-corrected chi connectivity index (χ3v) is 6.67. The van der Waals surface area contributed by atoms with Crippen molar-refractivity contribution in [3.05, 3.63) is 83.9 Å². The summed E-state index contributed by atoms with van der Waals surface area (Å²) in [6, 6.07) is 20.3. The zero-order valence-electron chi connectivity index (χ0n) is 20.0. The van der Waals surface area contributed by atoms with E-state index in [4.69, 9.17) is 9.47 Å². The van der Waals surface area contributed by atoms with E-state index in [2.05, 4.69) is 10.5 Å². The molecule has 1 N–H and O–H groups in total. The summed E-state index contributed by atoms with van der Waals surface area (Å²) in [6.45, 7) is 6.16. The Kier molecular flexibility index (Phi) is 8.86. The van der Waals surface area contributed by atoms with Crippen molar-refractivity contribution in [3.63, 3.8) is 0 Å². The Hall–Kier alpha value is -3.85. The maximum absolute atomic E-state index is 13.3. The molecule has 0 aliphatic carbocycles. The molecule has 0 saturated carbocycles. The van der Waals surface area contributed by atoms with Crippen LogP contribution in [0.3, 0.4) is 0 Å². The van der Waals surface area contributed by atoms with Gasteiger partial charge in [0.15, 0.2) is 11.5 Å². The lowest BCUT2D eigenvalue weighted by Gasteiger charge is -2.24. The van der Waals surface area contributed by atoms with E-state index in [1.54, 1.807) is 54.6 Å². The van der Waals surface area contributed by atoms with Crippen molar-refractivity contribution in [3.8, 4) is 11.5 Å². The molecular weight excluding hydrogens is 466 g/mol. The second-order valence-corrected chi connectivity index (χ2v) is 9.39. The second-order valence-electron chi connectivity index (χ2n) is 7.53. The van der Waals surface area contributed by atoms with Crippen LogP contribution in [-0.4, -0.2) is 40.3 Å². The molecule has 0 radical (unpaired) electrons. The normalized spacial score (nSPS) is 11.3. The second kappa shape index (κ2) is 12.0. The summed E-state index contributed by atoms with van der Waals surface area (Å²) in [6.07, 6.45) is 1.46. The van der Waals surface area contributed by atoms with Crippen LogP contribution in [0, 0.1) is 6.92 Å². The average Bonchev–Trinajstić information content (AvgIpc) is 2.85. The molecule has 0 atom stereocenters. The van der Waals surface area contributed by atoms with Crippen LogP contribution in [0.25, 0.3) is 0 Å². The van der Waals surface area contributed by atoms with Gasteiger partial charge in [-0.1, -0.05) is 30.3 Å². The highest BCUT2D eigenvalue weighted by Crippen LogP contribution is 2.28. The van der Waals surface area contributed by atoms with Gasteiger partial charge in [0.2, 0.25) is 0 Å². The molecule has 9 heteroatoms. The number of aryl methyl sites for hydroxylation is 1. The highest BCUT2D eigenvalue weighted by atomic mass is 32.2. The number of hydrogen-bond acceptors (Lipinski definition) is 6. The molecule has 0 aliphatic heterocycles. The fraction of sp³-hybridized carbons (Fsp3) is 0.231. The number of nitrogens with one attached hydrogen (secondary N) is 1. The molecule has 1 amide bonds. The predicted octanol–water partition coefficient (Wildman–Crippen LogP) is 4.14. The van der Waals surface area contributed by atoms with Crippen LogP contribution >= 0.6 is 0 Å². The van der Waals surface area contributed by atoms with Gasteiger partial charge in [0.25, 0.3) is 15.9 Å². The van der Waals surface area contributed by atoms with Crippen molar-refractivity contribution in [1.82, 2.24) is 5.43 Å². The first-order valence-electron chi connectivity index (χ1n) is 11.2. The van der Waals surface area contributed by atoms with E-state index in [-0.39, 0.29) is 4.90 Å². The summed E-state index contributed by atoms with van der Waals surface area (Å²) in [5.74, 6) is 0.609. The van der Waals surface area contributed by atoms with Crippen LogP contribution in [0.4, 0.5) is 5.69 Å². The number of nitrogens with zero attached hydrogens (tertiary/aromatic N) is 2. The number of benzene rings is 3. The molecule has 0 spiro atoms. The lowest BCUT2D eigenvalue weighted by molar-refractivity contribution is -0.119. The molecular formula is C26H29N3O5S. The van der Waals surface area contributed by atoms with Crippen LogP contribution in [0.2, 0.25) is 0 Å². The van der Waals surface area contributed by atoms with Gasteiger partial charge in [0.05, 0.1) is 30.0 Å². The monoisotopic (exact) mass is 495 g/mol. The zero-order valence-corrected chi connectivity index (χ0v) is 20.8. The third-order valence-electron chi connectivity index (χ3n) is 4.88. The molecule has 0 unspecified atom stereocenters. The van der Waals surface area contributed by atoms with E-state index in [0.29, 0.717) is 36.0 Å². The minimum absolute atomic E-state index is 0.0932. The summed E-state index contributed by atoms with van der Waals surface area (Å²) < 4.78 is 38.9. The topological polar surface area (TPSA) is 97.3 Å². The minimum atomic E-state index is -3.98. The van der Waals surface area contributed by atoms with Crippen LogP contribution in [0.1, 0.15) is 25.0 Å². The Balaban J connectivity index is 1.78. The van der Waals surface area contributed by atoms with Crippen molar-refractivity contribution < 1.29 is 22.7 Å². The van der Waals surface area contributed by atoms with Gasteiger partial charge >= 0.3 is 0 Å². The van der Waals surface area contributed by atoms with E-state index < -0.39 is 22.5 Å². The number of anilines is 1. The SMILES string of the molecule is CCOc1ccc(/C=N\NC(=O)CN(c2cccc(C)c2)S(=O)(=O)c2ccccc2)cc1OCC. The van der Waals surface area contributed by atoms with Gasteiger partial charge in [-0.05, 0) is 74.4 Å². The van der Waals surface area contributed by atoms with Crippen LogP contribution < -0.4 is 19.2 Å². The summed E-state index contributed by atoms with van der Waals surface area (Å²) in [5, 5.41) is 4.00. The molecule has 0 fully saturated rings. The Morgan fingerprint density at radius 2 is 1.66 bits per heavy atom. The van der Waals surface area contributed by atoms with Crippen molar-refractivity contribution in [1.29, 1.82) is 0 Å². The molecule has 3 rings (SSSR count). The van der Waals surface area contributed by atoms with Crippen LogP contribution in [-0.2, 0) is 14.8 Å². The number of hydrogen-bond donors (Lipinski definition) is 1. The van der Waals surface area contributed by atoms with Gasteiger partial charge in [-0.25, -0.2) is 13.8 Å². The van der Waals surface area contributed by atoms with Gasteiger partial charge in [0, 0.05) is 0 Å². The lowest BCUT2D eigenvalue weighted by Crippen LogP contribution is -2.39. The van der Waals surface area contributed by atoms with Crippen LogP contribution in [0.15, 0.2) is 82.8 Å². The molecule has 0 saturated heterocycles. The van der Waals surface area contributed by atoms with E-state index in [1.165, 1.54) is 18.3 Å². The smallest absolute Gasteiger partial charge is 0.264 e. The lowest BCUT2D eigenvalue weighted by atomic mass is 10.2. The van der Waals surface area contributed by atoms with Gasteiger partial charge in [-0.2, -0.15) is 5.10 Å². The van der Waals surface area contributed by atoms with Crippen LogP contribution in [0.5, 0.6) is 11.5 Å². The first-order chi connectivity index (χ1) is 16.8. The summed E-state index contributed by atoms with van der Waals surface area (Å²) in [5.41, 5.74) is 4.36. The van der Waals surface area contributed by atoms with E-state index in [0.717, 1.165) is 9.87 Å². The molecule has 8 nitrogen and oxygen atoms in total. The number of ether oxygens (including phenoxy) is 2.